The van der Waals surface area contributed by atoms with Crippen molar-refractivity contribution in [2.24, 2.45) is 9.98 Å². The van der Waals surface area contributed by atoms with E-state index in [1.165, 1.54) is 6.20 Å². The smallest absolute Gasteiger partial charge is 0.0960 e. The average molecular weight is 254 g/mol. The first-order valence-electron chi connectivity index (χ1n) is 6.13. The zero-order valence-electron chi connectivity index (χ0n) is 12.1. The normalized spacial score (nSPS) is 14.7. The molecule has 0 aliphatic heterocycles. The van der Waals surface area contributed by atoms with Gasteiger partial charge in [-0.05, 0) is 26.3 Å². The summed E-state index contributed by atoms with van der Waals surface area (Å²) >= 11 is 0. The van der Waals surface area contributed by atoms with Gasteiger partial charge in [0.25, 0.3) is 0 Å². The molecule has 100 valence electrons. The van der Waals surface area contributed by atoms with Gasteiger partial charge in [-0.25, -0.2) is 0 Å². The molecule has 0 aromatic carbocycles. The van der Waals surface area contributed by atoms with Crippen molar-refractivity contribution >= 4 is 11.9 Å². The lowest BCUT2D eigenvalue weighted by atomic mass is 10.0. The summed E-state index contributed by atoms with van der Waals surface area (Å²) in [5.41, 5.74) is 3.42. The molecular weight excluding hydrogens is 232 g/mol. The van der Waals surface area contributed by atoms with Crippen LogP contribution in [0.25, 0.3) is 0 Å². The summed E-state index contributed by atoms with van der Waals surface area (Å²) in [6.45, 7) is 17.0. The van der Waals surface area contributed by atoms with Gasteiger partial charge in [0.1, 0.15) is 0 Å². The minimum atomic E-state index is 0.735. The van der Waals surface area contributed by atoms with Gasteiger partial charge >= 0.3 is 0 Å². The maximum atomic E-state index is 4.41. The van der Waals surface area contributed by atoms with Crippen molar-refractivity contribution in [3.8, 4) is 0 Å². The van der Waals surface area contributed by atoms with E-state index >= 15 is 0 Å². The number of allylic oxidation sites excluding steroid dienone is 7. The maximum Gasteiger partial charge on any atom is 0.0960 e. The molecule has 0 radical (unpaired) electrons. The summed E-state index contributed by atoms with van der Waals surface area (Å²) < 4.78 is 0. The molecule has 0 amide bonds. The molecule has 0 saturated carbocycles. The monoisotopic (exact) mass is 254 g/mol. The Morgan fingerprint density at radius 3 is 2.21 bits per heavy atom. The minimum Gasteiger partial charge on any atom is -0.259 e. The first-order chi connectivity index (χ1) is 9.15. The molecule has 0 aromatic heterocycles. The second-order valence-electron chi connectivity index (χ2n) is 3.64. The highest BCUT2D eigenvalue weighted by Gasteiger charge is 2.10. The molecule has 0 N–H and O–H groups in total. The first kappa shape index (κ1) is 16.8. The Balaban J connectivity index is 6.11. The Bertz CT molecular complexity index is 483. The zero-order chi connectivity index (χ0) is 14.7. The van der Waals surface area contributed by atoms with Gasteiger partial charge in [-0.1, -0.05) is 50.1 Å². The van der Waals surface area contributed by atoms with Crippen LogP contribution >= 0.6 is 0 Å². The molecule has 0 heterocycles. The fraction of sp³-hybridized carbons (Fsp3) is 0.176. The van der Waals surface area contributed by atoms with Crippen molar-refractivity contribution in [3.05, 3.63) is 73.2 Å². The third kappa shape index (κ3) is 5.30. The molecular formula is C17H22N2. The van der Waals surface area contributed by atoms with Crippen LogP contribution in [-0.2, 0) is 0 Å². The molecule has 0 atom stereocenters. The summed E-state index contributed by atoms with van der Waals surface area (Å²) in [4.78, 5) is 8.74. The summed E-state index contributed by atoms with van der Waals surface area (Å²) in [6, 6.07) is 0. The Labute approximate surface area is 116 Å². The van der Waals surface area contributed by atoms with Crippen molar-refractivity contribution in [1.29, 1.82) is 0 Å². The van der Waals surface area contributed by atoms with Gasteiger partial charge in [-0.3, -0.25) is 9.98 Å². The minimum absolute atomic E-state index is 0.735. The molecule has 0 unspecified atom stereocenters. The summed E-state index contributed by atoms with van der Waals surface area (Å²) in [7, 11) is 0. The Morgan fingerprint density at radius 2 is 1.79 bits per heavy atom. The highest BCUT2D eigenvalue weighted by atomic mass is 14.8. The third-order valence-corrected chi connectivity index (χ3v) is 2.28. The molecule has 0 aliphatic rings. The first-order valence-corrected chi connectivity index (χ1v) is 6.13. The zero-order valence-corrected chi connectivity index (χ0v) is 12.1. The van der Waals surface area contributed by atoms with Gasteiger partial charge in [-0.2, -0.15) is 0 Å². The van der Waals surface area contributed by atoms with E-state index in [1.807, 2.05) is 39.0 Å². The second kappa shape index (κ2) is 9.77. The van der Waals surface area contributed by atoms with Crippen LogP contribution in [0.3, 0.4) is 0 Å². The van der Waals surface area contributed by atoms with E-state index in [0.29, 0.717) is 0 Å². The molecule has 19 heavy (non-hydrogen) atoms. The maximum absolute atomic E-state index is 4.41. The van der Waals surface area contributed by atoms with E-state index in [2.05, 4.69) is 29.7 Å². The SMILES string of the molecule is C=C/C=C(/C=C)C(=NC=C)/C(N=CC)=C(C)/C=C\C. The Kier molecular flexibility index (Phi) is 8.63. The van der Waals surface area contributed by atoms with Crippen molar-refractivity contribution in [2.75, 3.05) is 0 Å². The van der Waals surface area contributed by atoms with Gasteiger partial charge in [0.05, 0.1) is 11.4 Å². The molecule has 0 rings (SSSR count). The highest BCUT2D eigenvalue weighted by molar-refractivity contribution is 6.15. The van der Waals surface area contributed by atoms with Crippen LogP contribution in [0.1, 0.15) is 20.8 Å². The van der Waals surface area contributed by atoms with Crippen LogP contribution in [0, 0.1) is 0 Å². The van der Waals surface area contributed by atoms with E-state index in [4.69, 9.17) is 0 Å². The number of nitrogens with zero attached hydrogens (tertiary/aromatic N) is 2. The lowest BCUT2D eigenvalue weighted by Crippen LogP contribution is -2.06. The van der Waals surface area contributed by atoms with Crippen LogP contribution < -0.4 is 0 Å². The van der Waals surface area contributed by atoms with Crippen LogP contribution in [0.5, 0.6) is 0 Å². The molecule has 0 spiro atoms. The number of rotatable bonds is 7. The molecule has 0 aromatic rings. The van der Waals surface area contributed by atoms with Crippen LogP contribution in [-0.4, -0.2) is 11.9 Å². The Hall–Kier alpha value is -2.22. The molecule has 2 heteroatoms. The quantitative estimate of drug-likeness (QED) is 0.460. The van der Waals surface area contributed by atoms with Gasteiger partial charge in [0.15, 0.2) is 0 Å². The summed E-state index contributed by atoms with van der Waals surface area (Å²) in [5, 5.41) is 0. The van der Waals surface area contributed by atoms with Crippen molar-refractivity contribution in [1.82, 2.24) is 0 Å². The van der Waals surface area contributed by atoms with E-state index in [-0.39, 0.29) is 0 Å². The molecule has 0 fully saturated rings. The molecule has 0 saturated heterocycles. The topological polar surface area (TPSA) is 24.7 Å². The second-order valence-corrected chi connectivity index (χ2v) is 3.64. The van der Waals surface area contributed by atoms with Crippen molar-refractivity contribution < 1.29 is 0 Å². The average Bonchev–Trinajstić information content (AvgIpc) is 2.40. The van der Waals surface area contributed by atoms with E-state index in [0.717, 1.165) is 22.6 Å². The van der Waals surface area contributed by atoms with Gasteiger partial charge in [0.2, 0.25) is 0 Å². The van der Waals surface area contributed by atoms with E-state index in [9.17, 15) is 0 Å². The molecule has 0 bridgehead atoms. The predicted molar refractivity (Wildman–Crippen MR) is 87.8 cm³/mol. The van der Waals surface area contributed by atoms with Crippen LogP contribution in [0.4, 0.5) is 0 Å². The van der Waals surface area contributed by atoms with Crippen LogP contribution in [0.15, 0.2) is 83.1 Å². The standard InChI is InChI=1S/C17H22N2/c1-7-12-14(6)16(18-10-4)17(19-11-5)15(9-3)13-8-2/h7-13H,2-3,5H2,1,4,6H3/b12-7-,15-13-,16-14-,18-10?,19-17?. The fourth-order valence-electron chi connectivity index (χ4n) is 1.54. The number of hydrogen-bond donors (Lipinski definition) is 0. The molecule has 0 aliphatic carbocycles. The fourth-order valence-corrected chi connectivity index (χ4v) is 1.54. The number of hydrogen-bond acceptors (Lipinski definition) is 2. The summed E-state index contributed by atoms with van der Waals surface area (Å²) in [5.74, 6) is 0. The van der Waals surface area contributed by atoms with Gasteiger partial charge in [0, 0.05) is 18.0 Å². The lowest BCUT2D eigenvalue weighted by Gasteiger charge is -2.09. The predicted octanol–water partition coefficient (Wildman–Crippen LogP) is 4.81. The van der Waals surface area contributed by atoms with Crippen LogP contribution in [0.2, 0.25) is 0 Å². The largest absolute Gasteiger partial charge is 0.259 e. The Morgan fingerprint density at radius 1 is 1.11 bits per heavy atom. The van der Waals surface area contributed by atoms with E-state index < -0.39 is 0 Å². The van der Waals surface area contributed by atoms with Crippen molar-refractivity contribution in [2.45, 2.75) is 20.8 Å². The number of aliphatic imine (C=N–C) groups is 2. The summed E-state index contributed by atoms with van der Waals surface area (Å²) in [6.07, 6.45) is 12.5. The molecule has 2 nitrogen and oxygen atoms in total. The van der Waals surface area contributed by atoms with Crippen molar-refractivity contribution in [3.63, 3.8) is 0 Å². The van der Waals surface area contributed by atoms with E-state index in [1.54, 1.807) is 18.4 Å². The highest BCUT2D eigenvalue weighted by Crippen LogP contribution is 2.17. The van der Waals surface area contributed by atoms with Gasteiger partial charge in [-0.15, -0.1) is 0 Å². The lowest BCUT2D eigenvalue weighted by molar-refractivity contribution is 1.33. The third-order valence-electron chi connectivity index (χ3n) is 2.28. The van der Waals surface area contributed by atoms with Gasteiger partial charge < -0.3 is 0 Å².